The lowest BCUT2D eigenvalue weighted by Crippen LogP contribution is -2.39. The van der Waals surface area contributed by atoms with Crippen LogP contribution in [0.1, 0.15) is 50.3 Å². The molecule has 1 aliphatic carbocycles. The maximum atomic E-state index is 14.0. The maximum Gasteiger partial charge on any atom is 0.278 e. The van der Waals surface area contributed by atoms with Gasteiger partial charge in [0.25, 0.3) is 5.56 Å². The van der Waals surface area contributed by atoms with Crippen LogP contribution in [0.25, 0.3) is 16.8 Å². The first kappa shape index (κ1) is 30.4. The third-order valence-corrected chi connectivity index (χ3v) is 8.02. The van der Waals surface area contributed by atoms with Crippen LogP contribution in [0.5, 0.6) is 5.75 Å². The normalized spacial score (nSPS) is 18.3. The molecule has 0 bridgehead atoms. The molecule has 3 heterocycles. The lowest BCUT2D eigenvalue weighted by molar-refractivity contribution is -0.125. The molecule has 4 aromatic rings. The Morgan fingerprint density at radius 1 is 1.21 bits per heavy atom. The summed E-state index contributed by atoms with van der Waals surface area (Å²) in [5, 5.41) is 20.6. The number of aliphatic hydroxyl groups excluding tert-OH is 1. The number of carbonyl (C=O) groups is 1. The van der Waals surface area contributed by atoms with Crippen LogP contribution in [0.2, 0.25) is 5.02 Å². The Balaban J connectivity index is 1.36. The van der Waals surface area contributed by atoms with Gasteiger partial charge in [0, 0.05) is 31.0 Å². The largest absolute Gasteiger partial charge is 0.497 e. The van der Waals surface area contributed by atoms with E-state index in [0.29, 0.717) is 27.8 Å². The summed E-state index contributed by atoms with van der Waals surface area (Å²) in [5.74, 6) is -0.477. The number of ether oxygens (including phenoxy) is 2. The van der Waals surface area contributed by atoms with Gasteiger partial charge in [0.1, 0.15) is 29.5 Å². The molecular formula is C29H33ClFN7O5. The van der Waals surface area contributed by atoms with E-state index < -0.39 is 36.0 Å². The van der Waals surface area contributed by atoms with Crippen molar-refractivity contribution in [1.29, 1.82) is 0 Å². The molecule has 2 atom stereocenters. The number of nitrogens with one attached hydrogen (secondary N) is 2. The summed E-state index contributed by atoms with van der Waals surface area (Å²) >= 11 is 6.46. The van der Waals surface area contributed by atoms with Crippen molar-refractivity contribution in [3.05, 3.63) is 69.7 Å². The molecule has 43 heavy (non-hydrogen) atoms. The Kier molecular flexibility index (Phi) is 9.23. The topological polar surface area (TPSA) is 145 Å². The average Bonchev–Trinajstić information content (AvgIpc) is 3.45. The van der Waals surface area contributed by atoms with Gasteiger partial charge < -0.3 is 25.2 Å². The average molecular weight is 614 g/mol. The van der Waals surface area contributed by atoms with Gasteiger partial charge >= 0.3 is 0 Å². The molecular weight excluding hydrogens is 581 g/mol. The van der Waals surface area contributed by atoms with E-state index in [9.17, 15) is 19.1 Å². The van der Waals surface area contributed by atoms with Gasteiger partial charge in [0.05, 0.1) is 42.8 Å². The third kappa shape index (κ3) is 6.63. The summed E-state index contributed by atoms with van der Waals surface area (Å²) in [4.78, 5) is 35.5. The molecule has 228 valence electrons. The van der Waals surface area contributed by atoms with Crippen molar-refractivity contribution < 1.29 is 23.8 Å². The minimum absolute atomic E-state index is 0.202. The second-order valence-electron chi connectivity index (χ2n) is 10.5. The predicted octanol–water partition coefficient (Wildman–Crippen LogP) is 3.53. The van der Waals surface area contributed by atoms with Crippen LogP contribution < -0.4 is 20.9 Å². The number of nitrogens with zero attached hydrogens (tertiary/aromatic N) is 5. The van der Waals surface area contributed by atoms with Crippen LogP contribution >= 0.6 is 11.6 Å². The summed E-state index contributed by atoms with van der Waals surface area (Å²) in [7, 11) is 3.12. The van der Waals surface area contributed by atoms with Crippen molar-refractivity contribution in [1.82, 2.24) is 29.5 Å². The van der Waals surface area contributed by atoms with E-state index in [0.717, 1.165) is 25.7 Å². The van der Waals surface area contributed by atoms with Crippen LogP contribution in [0.3, 0.4) is 0 Å². The Labute approximate surface area is 251 Å². The summed E-state index contributed by atoms with van der Waals surface area (Å²) in [6.07, 6.45) is 8.44. The SMILES string of the molecule is COc1cc(F)cc([C@@H](CO)NC(=O)[C@H](C)n2cnn3cc(-c4nc(NC5CCC(OC)CC5)ncc4Cl)cc3c2=O)c1. The minimum Gasteiger partial charge on any atom is -0.497 e. The summed E-state index contributed by atoms with van der Waals surface area (Å²) in [6, 6.07) is 3.79. The van der Waals surface area contributed by atoms with Gasteiger partial charge in [-0.25, -0.2) is 18.9 Å². The molecule has 0 unspecified atom stereocenters. The van der Waals surface area contributed by atoms with Gasteiger partial charge in [-0.2, -0.15) is 5.10 Å². The second-order valence-corrected chi connectivity index (χ2v) is 10.9. The Morgan fingerprint density at radius 3 is 2.67 bits per heavy atom. The van der Waals surface area contributed by atoms with E-state index in [-0.39, 0.29) is 23.4 Å². The van der Waals surface area contributed by atoms with Gasteiger partial charge in [-0.15, -0.1) is 0 Å². The Bertz CT molecular complexity index is 1670. The van der Waals surface area contributed by atoms with Crippen molar-refractivity contribution in [2.45, 2.75) is 56.8 Å². The number of carbonyl (C=O) groups excluding carboxylic acids is 1. The summed E-state index contributed by atoms with van der Waals surface area (Å²) < 4.78 is 27.1. The maximum absolute atomic E-state index is 14.0. The molecule has 3 aromatic heterocycles. The smallest absolute Gasteiger partial charge is 0.278 e. The third-order valence-electron chi connectivity index (χ3n) is 7.74. The van der Waals surface area contributed by atoms with Crippen molar-refractivity contribution in [2.75, 3.05) is 26.1 Å². The van der Waals surface area contributed by atoms with Crippen molar-refractivity contribution in [2.24, 2.45) is 0 Å². The molecule has 0 spiro atoms. The first-order valence-corrected chi connectivity index (χ1v) is 14.3. The van der Waals surface area contributed by atoms with E-state index in [2.05, 4.69) is 25.7 Å². The molecule has 1 aromatic carbocycles. The molecule has 1 saturated carbocycles. The summed E-state index contributed by atoms with van der Waals surface area (Å²) in [5.41, 5.74) is 1.03. The number of fused-ring (bicyclic) bond motifs is 1. The second kappa shape index (κ2) is 13.1. The zero-order valence-corrected chi connectivity index (χ0v) is 24.7. The molecule has 0 aliphatic heterocycles. The number of halogens is 2. The van der Waals surface area contributed by atoms with E-state index in [1.54, 1.807) is 19.4 Å². The predicted molar refractivity (Wildman–Crippen MR) is 158 cm³/mol. The lowest BCUT2D eigenvalue weighted by Gasteiger charge is -2.28. The van der Waals surface area contributed by atoms with Crippen LogP contribution in [-0.4, -0.2) is 68.1 Å². The number of anilines is 1. The highest BCUT2D eigenvalue weighted by Crippen LogP contribution is 2.29. The van der Waals surface area contributed by atoms with Gasteiger partial charge in [0.2, 0.25) is 11.9 Å². The molecule has 0 radical (unpaired) electrons. The number of aromatic nitrogens is 5. The number of hydrogen-bond donors (Lipinski definition) is 3. The van der Waals surface area contributed by atoms with Gasteiger partial charge in [-0.05, 0) is 56.4 Å². The number of amides is 1. The van der Waals surface area contributed by atoms with Crippen LogP contribution in [0, 0.1) is 5.82 Å². The fraction of sp³-hybridized carbons (Fsp3) is 0.414. The minimum atomic E-state index is -1.00. The van der Waals surface area contributed by atoms with E-state index in [1.165, 1.54) is 53.8 Å². The van der Waals surface area contributed by atoms with Gasteiger partial charge in [0.15, 0.2) is 0 Å². The summed E-state index contributed by atoms with van der Waals surface area (Å²) in [6.45, 7) is 1.03. The van der Waals surface area contributed by atoms with Crippen LogP contribution in [0.15, 0.2) is 47.8 Å². The number of rotatable bonds is 10. The zero-order chi connectivity index (χ0) is 30.7. The van der Waals surface area contributed by atoms with Crippen molar-refractivity contribution in [3.8, 4) is 17.0 Å². The molecule has 3 N–H and O–H groups in total. The van der Waals surface area contributed by atoms with E-state index in [4.69, 9.17) is 21.1 Å². The number of methoxy groups -OCH3 is 2. The highest BCUT2D eigenvalue weighted by atomic mass is 35.5. The Hall–Kier alpha value is -4.07. The number of aliphatic hydroxyl groups is 1. The van der Waals surface area contributed by atoms with E-state index in [1.807, 2.05) is 0 Å². The molecule has 5 rings (SSSR count). The van der Waals surface area contributed by atoms with Crippen LogP contribution in [0.4, 0.5) is 10.3 Å². The first-order valence-electron chi connectivity index (χ1n) is 13.9. The molecule has 12 nitrogen and oxygen atoms in total. The fourth-order valence-electron chi connectivity index (χ4n) is 5.23. The fourth-order valence-corrected chi connectivity index (χ4v) is 5.43. The monoisotopic (exact) mass is 613 g/mol. The molecule has 1 aliphatic rings. The number of benzene rings is 1. The molecule has 0 saturated heterocycles. The van der Waals surface area contributed by atoms with E-state index >= 15 is 0 Å². The highest BCUT2D eigenvalue weighted by molar-refractivity contribution is 6.32. The quantitative estimate of drug-likeness (QED) is 0.244. The molecule has 14 heteroatoms. The number of hydrogen-bond acceptors (Lipinski definition) is 9. The zero-order valence-electron chi connectivity index (χ0n) is 24.0. The van der Waals surface area contributed by atoms with Gasteiger partial charge in [-0.1, -0.05) is 11.6 Å². The Morgan fingerprint density at radius 2 is 1.98 bits per heavy atom. The van der Waals surface area contributed by atoms with Crippen molar-refractivity contribution >= 4 is 29.0 Å². The van der Waals surface area contributed by atoms with Gasteiger partial charge in [-0.3, -0.25) is 14.2 Å². The molecule has 1 fully saturated rings. The first-order chi connectivity index (χ1) is 20.7. The molecule has 1 amide bonds. The van der Waals surface area contributed by atoms with Crippen molar-refractivity contribution in [3.63, 3.8) is 0 Å². The standard InChI is InChI=1S/C29H33ClFN7O5/c1-16(27(40)35-24(14-39)17-8-19(31)11-22(9-17)43-3)37-15-33-38-13-18(10-25(38)28(37)41)26-23(30)12-32-29(36-26)34-20-4-6-21(42-2)7-5-20/h8-13,15-16,20-21,24,39H,4-7,14H2,1-3H3,(H,35,40)(H,32,34,36)/t16-,20?,21?,24+/m0/s1. The van der Waals surface area contributed by atoms with Crippen LogP contribution in [-0.2, 0) is 9.53 Å². The lowest BCUT2D eigenvalue weighted by atomic mass is 9.93. The highest BCUT2D eigenvalue weighted by Gasteiger charge is 2.24.